The number of unbranched alkanes of at least 4 members (excludes halogenated alkanes) is 9. The molecule has 0 aliphatic heterocycles. The first-order valence-corrected chi connectivity index (χ1v) is 8.97. The van der Waals surface area contributed by atoms with Crippen molar-refractivity contribution in [2.45, 2.75) is 97.4 Å². The monoisotopic (exact) mass is 293 g/mol. The van der Waals surface area contributed by atoms with E-state index in [1.165, 1.54) is 69.8 Å². The van der Waals surface area contributed by atoms with Gasteiger partial charge in [0.15, 0.2) is 0 Å². The number of aryl methyl sites for hydroxylation is 2. The summed E-state index contributed by atoms with van der Waals surface area (Å²) in [5.74, 6) is 1.97. The minimum atomic E-state index is 0.150. The molecule has 122 valence electrons. The van der Waals surface area contributed by atoms with Crippen LogP contribution in [-0.2, 0) is 0 Å². The Bertz CT molecular complexity index is 370. The Kier molecular flexibility index (Phi) is 9.49. The molecule has 2 heteroatoms. The maximum absolute atomic E-state index is 6.26. The zero-order valence-electron chi connectivity index (χ0n) is 14.4. The molecule has 2 N–H and O–H groups in total. The fourth-order valence-electron chi connectivity index (χ4n) is 3.03. The molecule has 0 bridgehead atoms. The van der Waals surface area contributed by atoms with Gasteiger partial charge in [0.05, 0.1) is 0 Å². The summed E-state index contributed by atoms with van der Waals surface area (Å²) < 4.78 is 5.56. The van der Waals surface area contributed by atoms with Gasteiger partial charge in [0.25, 0.3) is 0 Å². The lowest BCUT2D eigenvalue weighted by Crippen LogP contribution is -2.10. The molecule has 0 saturated carbocycles. The van der Waals surface area contributed by atoms with Crippen LogP contribution in [0.1, 0.15) is 101 Å². The van der Waals surface area contributed by atoms with E-state index in [0.717, 1.165) is 17.9 Å². The Morgan fingerprint density at radius 1 is 0.905 bits per heavy atom. The summed E-state index contributed by atoms with van der Waals surface area (Å²) in [6, 6.07) is 2.24. The Balaban J connectivity index is 1.98. The van der Waals surface area contributed by atoms with Crippen LogP contribution < -0.4 is 5.73 Å². The summed E-state index contributed by atoms with van der Waals surface area (Å²) in [6.45, 7) is 6.28. The van der Waals surface area contributed by atoms with Crippen LogP contribution in [0.25, 0.3) is 0 Å². The molecule has 0 saturated heterocycles. The molecule has 0 aliphatic rings. The van der Waals surface area contributed by atoms with Gasteiger partial charge in [0, 0.05) is 11.6 Å². The van der Waals surface area contributed by atoms with E-state index in [-0.39, 0.29) is 6.04 Å². The van der Waals surface area contributed by atoms with Crippen molar-refractivity contribution in [2.75, 3.05) is 0 Å². The van der Waals surface area contributed by atoms with Crippen LogP contribution in [-0.4, -0.2) is 0 Å². The van der Waals surface area contributed by atoms with Crippen molar-refractivity contribution in [3.63, 3.8) is 0 Å². The molecule has 1 aromatic heterocycles. The Morgan fingerprint density at radius 2 is 1.43 bits per heavy atom. The molecular formula is C19H35NO. The summed E-state index contributed by atoms with van der Waals surface area (Å²) in [6.07, 6.45) is 14.8. The summed E-state index contributed by atoms with van der Waals surface area (Å²) in [4.78, 5) is 0. The molecule has 1 rings (SSSR count). The van der Waals surface area contributed by atoms with Crippen LogP contribution in [0.5, 0.6) is 0 Å². The molecule has 0 aliphatic carbocycles. The van der Waals surface area contributed by atoms with Gasteiger partial charge >= 0.3 is 0 Å². The molecule has 1 unspecified atom stereocenters. The van der Waals surface area contributed by atoms with Crippen LogP contribution >= 0.6 is 0 Å². The van der Waals surface area contributed by atoms with Crippen molar-refractivity contribution in [3.05, 3.63) is 23.2 Å². The van der Waals surface area contributed by atoms with E-state index in [1.54, 1.807) is 0 Å². The maximum Gasteiger partial charge on any atom is 0.105 e. The third kappa shape index (κ3) is 7.71. The zero-order valence-corrected chi connectivity index (χ0v) is 14.4. The molecule has 1 heterocycles. The molecular weight excluding hydrogens is 258 g/mol. The van der Waals surface area contributed by atoms with Crippen molar-refractivity contribution in [3.8, 4) is 0 Å². The number of hydrogen-bond acceptors (Lipinski definition) is 2. The lowest BCUT2D eigenvalue weighted by atomic mass is 10.0. The lowest BCUT2D eigenvalue weighted by Gasteiger charge is -2.10. The second kappa shape index (κ2) is 10.9. The van der Waals surface area contributed by atoms with Gasteiger partial charge in [-0.25, -0.2) is 0 Å². The van der Waals surface area contributed by atoms with Gasteiger partial charge in [0.1, 0.15) is 11.5 Å². The molecule has 0 spiro atoms. The van der Waals surface area contributed by atoms with Gasteiger partial charge in [-0.1, -0.05) is 71.1 Å². The van der Waals surface area contributed by atoms with E-state index >= 15 is 0 Å². The first kappa shape index (κ1) is 18.3. The Hall–Kier alpha value is -0.760. The van der Waals surface area contributed by atoms with Crippen molar-refractivity contribution < 1.29 is 4.42 Å². The first-order valence-electron chi connectivity index (χ1n) is 8.97. The van der Waals surface area contributed by atoms with Gasteiger partial charge < -0.3 is 10.2 Å². The maximum atomic E-state index is 6.26. The second-order valence-corrected chi connectivity index (χ2v) is 6.45. The van der Waals surface area contributed by atoms with E-state index in [4.69, 9.17) is 10.2 Å². The number of nitrogens with two attached hydrogens (primary N) is 1. The lowest BCUT2D eigenvalue weighted by molar-refractivity contribution is 0.490. The Morgan fingerprint density at radius 3 is 1.90 bits per heavy atom. The standard InChI is InChI=1S/C19H35NO/c1-4-5-6-7-8-9-10-11-12-13-14-19(20)18-15-16(2)21-17(18)3/h15,19H,4-14,20H2,1-3H3. The average molecular weight is 293 g/mol. The highest BCUT2D eigenvalue weighted by Crippen LogP contribution is 2.24. The largest absolute Gasteiger partial charge is 0.466 e. The predicted molar refractivity (Wildman–Crippen MR) is 91.6 cm³/mol. The van der Waals surface area contributed by atoms with Gasteiger partial charge in [-0.15, -0.1) is 0 Å². The fourth-order valence-corrected chi connectivity index (χ4v) is 3.03. The molecule has 0 aromatic carbocycles. The summed E-state index contributed by atoms with van der Waals surface area (Å²) in [7, 11) is 0. The van der Waals surface area contributed by atoms with Crippen molar-refractivity contribution in [2.24, 2.45) is 5.73 Å². The summed E-state index contributed by atoms with van der Waals surface area (Å²) in [5, 5.41) is 0. The van der Waals surface area contributed by atoms with Gasteiger partial charge in [-0.2, -0.15) is 0 Å². The van der Waals surface area contributed by atoms with Gasteiger partial charge in [-0.05, 0) is 26.3 Å². The van der Waals surface area contributed by atoms with Crippen LogP contribution in [0.4, 0.5) is 0 Å². The zero-order chi connectivity index (χ0) is 15.5. The van der Waals surface area contributed by atoms with E-state index < -0.39 is 0 Å². The second-order valence-electron chi connectivity index (χ2n) is 6.45. The normalized spacial score (nSPS) is 12.8. The highest BCUT2D eigenvalue weighted by atomic mass is 16.3. The molecule has 0 fully saturated rings. The molecule has 21 heavy (non-hydrogen) atoms. The van der Waals surface area contributed by atoms with E-state index in [1.807, 2.05) is 13.8 Å². The smallest absolute Gasteiger partial charge is 0.105 e. The van der Waals surface area contributed by atoms with Gasteiger partial charge in [0.2, 0.25) is 0 Å². The van der Waals surface area contributed by atoms with Gasteiger partial charge in [-0.3, -0.25) is 0 Å². The topological polar surface area (TPSA) is 39.2 Å². The van der Waals surface area contributed by atoms with E-state index in [0.29, 0.717) is 0 Å². The highest BCUT2D eigenvalue weighted by molar-refractivity contribution is 5.23. The van der Waals surface area contributed by atoms with Crippen LogP contribution in [0.15, 0.2) is 10.5 Å². The minimum Gasteiger partial charge on any atom is -0.466 e. The SMILES string of the molecule is CCCCCCCCCCCCC(N)c1cc(C)oc1C. The molecule has 1 aromatic rings. The van der Waals surface area contributed by atoms with E-state index in [2.05, 4.69) is 13.0 Å². The molecule has 0 radical (unpaired) electrons. The van der Waals surface area contributed by atoms with Crippen LogP contribution in [0, 0.1) is 13.8 Å². The van der Waals surface area contributed by atoms with Crippen molar-refractivity contribution in [1.82, 2.24) is 0 Å². The minimum absolute atomic E-state index is 0.150. The number of rotatable bonds is 12. The number of hydrogen-bond donors (Lipinski definition) is 1. The first-order chi connectivity index (χ1) is 10.1. The average Bonchev–Trinajstić information content (AvgIpc) is 2.79. The fraction of sp³-hybridized carbons (Fsp3) is 0.789. The third-order valence-electron chi connectivity index (χ3n) is 4.35. The summed E-state index contributed by atoms with van der Waals surface area (Å²) >= 11 is 0. The van der Waals surface area contributed by atoms with Crippen molar-refractivity contribution in [1.29, 1.82) is 0 Å². The highest BCUT2D eigenvalue weighted by Gasteiger charge is 2.12. The Labute approximate surface area is 131 Å². The molecule has 2 nitrogen and oxygen atoms in total. The summed E-state index contributed by atoms with van der Waals surface area (Å²) in [5.41, 5.74) is 7.46. The third-order valence-corrected chi connectivity index (χ3v) is 4.35. The quantitative estimate of drug-likeness (QED) is 0.465. The van der Waals surface area contributed by atoms with Crippen LogP contribution in [0.2, 0.25) is 0 Å². The van der Waals surface area contributed by atoms with E-state index in [9.17, 15) is 0 Å². The molecule has 0 amide bonds. The van der Waals surface area contributed by atoms with Crippen molar-refractivity contribution >= 4 is 0 Å². The number of furan rings is 1. The molecule has 1 atom stereocenters. The van der Waals surface area contributed by atoms with Crippen LogP contribution in [0.3, 0.4) is 0 Å². The predicted octanol–water partition coefficient (Wildman–Crippen LogP) is 6.21.